The van der Waals surface area contributed by atoms with Crippen LogP contribution in [0.1, 0.15) is 32.3 Å². The lowest BCUT2D eigenvalue weighted by Crippen LogP contribution is -2.48. The molecule has 0 bridgehead atoms. The smallest absolute Gasteiger partial charge is 0.229 e. The molecule has 2 heterocycles. The Kier molecular flexibility index (Phi) is 8.01. The first kappa shape index (κ1) is 26.1. The van der Waals surface area contributed by atoms with Gasteiger partial charge in [-0.3, -0.25) is 4.79 Å². The van der Waals surface area contributed by atoms with Gasteiger partial charge in [0.05, 0.1) is 32.8 Å². The Morgan fingerprint density at radius 2 is 1.73 bits per heavy atom. The van der Waals surface area contributed by atoms with Crippen LogP contribution >= 0.6 is 0 Å². The summed E-state index contributed by atoms with van der Waals surface area (Å²) in [4.78, 5) is 24.5. The van der Waals surface area contributed by atoms with Crippen molar-refractivity contribution in [2.24, 2.45) is 5.92 Å². The molecular weight excluding hydrogens is 470 g/mol. The van der Waals surface area contributed by atoms with Gasteiger partial charge in [-0.05, 0) is 38.3 Å². The molecule has 1 amide bonds. The molecule has 1 aliphatic heterocycles. The summed E-state index contributed by atoms with van der Waals surface area (Å²) < 4.78 is 16.3. The predicted octanol–water partition coefficient (Wildman–Crippen LogP) is 4.51. The number of rotatable bonds is 9. The van der Waals surface area contributed by atoms with E-state index >= 15 is 0 Å². The molecule has 0 spiro atoms. The van der Waals surface area contributed by atoms with Gasteiger partial charge in [-0.15, -0.1) is 0 Å². The zero-order chi connectivity index (χ0) is 26.4. The summed E-state index contributed by atoms with van der Waals surface area (Å²) in [5.74, 6) is 2.71. The van der Waals surface area contributed by atoms with Crippen molar-refractivity contribution in [3.05, 3.63) is 60.3 Å². The van der Waals surface area contributed by atoms with Crippen LogP contribution in [0, 0.1) is 5.92 Å². The lowest BCUT2D eigenvalue weighted by Gasteiger charge is -2.35. The van der Waals surface area contributed by atoms with Crippen LogP contribution in [-0.4, -0.2) is 50.3 Å². The highest BCUT2D eigenvalue weighted by molar-refractivity contribution is 5.80. The van der Waals surface area contributed by atoms with Gasteiger partial charge in [0.1, 0.15) is 5.82 Å². The lowest BCUT2D eigenvalue weighted by atomic mass is 9.91. The van der Waals surface area contributed by atoms with Gasteiger partial charge in [0.2, 0.25) is 17.6 Å². The number of nitrogens with zero attached hydrogens (tertiary/aromatic N) is 3. The van der Waals surface area contributed by atoms with Crippen molar-refractivity contribution >= 4 is 23.4 Å². The molecule has 4 rings (SSSR count). The SMILES string of the molecule is COc1cc(Nc2nccc(N3CCC[C@H](C(=O)NC(C)(C)c4ccccc4)C3)n2)cc(OC)c1OC. The van der Waals surface area contributed by atoms with Crippen molar-refractivity contribution < 1.29 is 19.0 Å². The summed E-state index contributed by atoms with van der Waals surface area (Å²) in [5, 5.41) is 6.47. The summed E-state index contributed by atoms with van der Waals surface area (Å²) in [6, 6.07) is 15.5. The highest BCUT2D eigenvalue weighted by Gasteiger charge is 2.31. The van der Waals surface area contributed by atoms with E-state index in [1.54, 1.807) is 39.7 Å². The molecule has 196 valence electrons. The van der Waals surface area contributed by atoms with Crippen molar-refractivity contribution in [1.29, 1.82) is 0 Å². The Morgan fingerprint density at radius 3 is 2.38 bits per heavy atom. The third-order valence-corrected chi connectivity index (χ3v) is 6.61. The number of anilines is 3. The average molecular weight is 506 g/mol. The minimum Gasteiger partial charge on any atom is -0.493 e. The van der Waals surface area contributed by atoms with Gasteiger partial charge in [-0.2, -0.15) is 4.98 Å². The van der Waals surface area contributed by atoms with E-state index in [1.807, 2.05) is 50.2 Å². The first-order valence-electron chi connectivity index (χ1n) is 12.4. The Labute approximate surface area is 218 Å². The van der Waals surface area contributed by atoms with E-state index < -0.39 is 5.54 Å². The molecular formula is C28H35N5O4. The number of hydrogen-bond acceptors (Lipinski definition) is 8. The maximum absolute atomic E-state index is 13.2. The minimum atomic E-state index is -0.451. The van der Waals surface area contributed by atoms with Crippen LogP contribution in [0.5, 0.6) is 17.2 Å². The van der Waals surface area contributed by atoms with E-state index in [0.717, 1.165) is 30.8 Å². The van der Waals surface area contributed by atoms with Crippen molar-refractivity contribution in [2.75, 3.05) is 44.6 Å². The number of ether oxygens (including phenoxy) is 3. The lowest BCUT2D eigenvalue weighted by molar-refractivity contribution is -0.127. The van der Waals surface area contributed by atoms with Crippen molar-refractivity contribution in [1.82, 2.24) is 15.3 Å². The fraction of sp³-hybridized carbons (Fsp3) is 0.393. The van der Waals surface area contributed by atoms with E-state index in [1.165, 1.54) is 0 Å². The van der Waals surface area contributed by atoms with Crippen LogP contribution in [0.3, 0.4) is 0 Å². The fourth-order valence-corrected chi connectivity index (χ4v) is 4.60. The van der Waals surface area contributed by atoms with Crippen molar-refractivity contribution in [2.45, 2.75) is 32.2 Å². The molecule has 9 heteroatoms. The molecule has 1 aliphatic rings. The maximum atomic E-state index is 13.2. The number of aromatic nitrogens is 2. The number of benzene rings is 2. The average Bonchev–Trinajstić information content (AvgIpc) is 2.93. The molecule has 37 heavy (non-hydrogen) atoms. The molecule has 1 aromatic heterocycles. The molecule has 2 N–H and O–H groups in total. The number of amides is 1. The van der Waals surface area contributed by atoms with Gasteiger partial charge in [0.15, 0.2) is 11.5 Å². The number of nitrogens with one attached hydrogen (secondary N) is 2. The fourth-order valence-electron chi connectivity index (χ4n) is 4.60. The standard InChI is InChI=1S/C28H35N5O4/c1-28(2,20-11-7-6-8-12-20)32-26(34)19-10-9-15-33(18-19)24-13-14-29-27(31-24)30-21-16-22(35-3)25(37-5)23(17-21)36-4/h6-8,11-14,16-17,19H,9-10,15,18H2,1-5H3,(H,32,34)(H,29,30,31)/t19-/m0/s1. The third-order valence-electron chi connectivity index (χ3n) is 6.61. The van der Waals surface area contributed by atoms with Crippen LogP contribution in [0.15, 0.2) is 54.7 Å². The van der Waals surface area contributed by atoms with Crippen LogP contribution in [-0.2, 0) is 10.3 Å². The van der Waals surface area contributed by atoms with E-state index in [4.69, 9.17) is 19.2 Å². The Balaban J connectivity index is 1.46. The van der Waals surface area contributed by atoms with Crippen LogP contribution in [0.2, 0.25) is 0 Å². The maximum Gasteiger partial charge on any atom is 0.229 e. The molecule has 2 aromatic carbocycles. The summed E-state index contributed by atoms with van der Waals surface area (Å²) in [5.41, 5.74) is 1.33. The molecule has 0 aliphatic carbocycles. The number of methoxy groups -OCH3 is 3. The number of carbonyl (C=O) groups is 1. The first-order valence-corrected chi connectivity index (χ1v) is 12.4. The first-order chi connectivity index (χ1) is 17.8. The minimum absolute atomic E-state index is 0.0587. The van der Waals surface area contributed by atoms with Gasteiger partial charge in [-0.25, -0.2) is 4.98 Å². The summed E-state index contributed by atoms with van der Waals surface area (Å²) in [6.45, 7) is 5.49. The monoisotopic (exact) mass is 505 g/mol. The van der Waals surface area contributed by atoms with Crippen LogP contribution in [0.25, 0.3) is 0 Å². The van der Waals surface area contributed by atoms with E-state index in [2.05, 4.69) is 20.5 Å². The number of carbonyl (C=O) groups excluding carboxylic acids is 1. The van der Waals surface area contributed by atoms with Gasteiger partial charge in [0.25, 0.3) is 0 Å². The van der Waals surface area contributed by atoms with Gasteiger partial charge in [-0.1, -0.05) is 30.3 Å². The second-order valence-electron chi connectivity index (χ2n) is 9.54. The molecule has 1 atom stereocenters. The van der Waals surface area contributed by atoms with Gasteiger partial charge >= 0.3 is 0 Å². The van der Waals surface area contributed by atoms with Gasteiger partial charge in [0, 0.05) is 37.1 Å². The molecule has 0 radical (unpaired) electrons. The molecule has 0 unspecified atom stereocenters. The molecule has 9 nitrogen and oxygen atoms in total. The largest absolute Gasteiger partial charge is 0.493 e. The van der Waals surface area contributed by atoms with Crippen molar-refractivity contribution in [3.8, 4) is 17.2 Å². The predicted molar refractivity (Wildman–Crippen MR) is 144 cm³/mol. The van der Waals surface area contributed by atoms with E-state index in [0.29, 0.717) is 35.4 Å². The summed E-state index contributed by atoms with van der Waals surface area (Å²) in [7, 11) is 4.71. The second kappa shape index (κ2) is 11.4. The van der Waals surface area contributed by atoms with Crippen LogP contribution in [0.4, 0.5) is 17.5 Å². The molecule has 1 fully saturated rings. The normalized spacial score (nSPS) is 15.6. The molecule has 1 saturated heterocycles. The molecule has 0 saturated carbocycles. The summed E-state index contributed by atoms with van der Waals surface area (Å²) >= 11 is 0. The second-order valence-corrected chi connectivity index (χ2v) is 9.54. The Morgan fingerprint density at radius 1 is 1.03 bits per heavy atom. The number of hydrogen-bond donors (Lipinski definition) is 2. The zero-order valence-electron chi connectivity index (χ0n) is 22.1. The Bertz CT molecular complexity index is 1190. The van der Waals surface area contributed by atoms with E-state index in [9.17, 15) is 4.79 Å². The molecule has 3 aromatic rings. The number of piperidine rings is 1. The highest BCUT2D eigenvalue weighted by Crippen LogP contribution is 2.40. The van der Waals surface area contributed by atoms with Gasteiger partial charge < -0.3 is 29.7 Å². The quantitative estimate of drug-likeness (QED) is 0.438. The Hall–Kier alpha value is -4.01. The summed E-state index contributed by atoms with van der Waals surface area (Å²) in [6.07, 6.45) is 3.46. The van der Waals surface area contributed by atoms with Crippen molar-refractivity contribution in [3.63, 3.8) is 0 Å². The highest BCUT2D eigenvalue weighted by atomic mass is 16.5. The van der Waals surface area contributed by atoms with Crippen LogP contribution < -0.4 is 29.7 Å². The van der Waals surface area contributed by atoms with E-state index in [-0.39, 0.29) is 11.8 Å². The zero-order valence-corrected chi connectivity index (χ0v) is 22.1. The topological polar surface area (TPSA) is 97.8 Å². The third kappa shape index (κ3) is 6.04.